The second kappa shape index (κ2) is 7.15. The van der Waals surface area contributed by atoms with E-state index in [2.05, 4.69) is 21.2 Å². The molecule has 2 aromatic rings. The van der Waals surface area contributed by atoms with Crippen molar-refractivity contribution in [2.24, 2.45) is 0 Å². The summed E-state index contributed by atoms with van der Waals surface area (Å²) in [6.45, 7) is 2.65. The third-order valence-electron chi connectivity index (χ3n) is 3.29. The Morgan fingerprint density at radius 2 is 1.82 bits per heavy atom. The van der Waals surface area contributed by atoms with E-state index < -0.39 is 9.84 Å². The molecular weight excluding hydrogens is 364 g/mol. The van der Waals surface area contributed by atoms with Crippen LogP contribution in [0.2, 0.25) is 0 Å². The van der Waals surface area contributed by atoms with Gasteiger partial charge in [0.15, 0.2) is 0 Å². The maximum absolute atomic E-state index is 12.7. The molecule has 0 radical (unpaired) electrons. The predicted molar refractivity (Wildman–Crippen MR) is 94.4 cm³/mol. The van der Waals surface area contributed by atoms with Gasteiger partial charge in [-0.2, -0.15) is 0 Å². The maximum Gasteiger partial charge on any atom is 0.206 e. The predicted octanol–water partition coefficient (Wildman–Crippen LogP) is 3.61. The molecular formula is C16H19BrN2O2S. The van der Waals surface area contributed by atoms with Crippen molar-refractivity contribution in [1.29, 1.82) is 0 Å². The van der Waals surface area contributed by atoms with Gasteiger partial charge in [-0.25, -0.2) is 8.42 Å². The van der Waals surface area contributed by atoms with Gasteiger partial charge in [0.1, 0.15) is 0 Å². The van der Waals surface area contributed by atoms with Crippen LogP contribution in [-0.4, -0.2) is 20.3 Å². The molecule has 0 amide bonds. The fourth-order valence-corrected chi connectivity index (χ4v) is 3.89. The molecule has 6 heteroatoms. The second-order valence-corrected chi connectivity index (χ2v) is 7.73. The molecule has 0 aliphatic rings. The van der Waals surface area contributed by atoms with Gasteiger partial charge in [0.05, 0.1) is 9.79 Å². The van der Waals surface area contributed by atoms with Crippen LogP contribution in [0.4, 0.5) is 11.4 Å². The summed E-state index contributed by atoms with van der Waals surface area (Å²) in [5.41, 5.74) is 7.80. The molecule has 0 aliphatic heterocycles. The van der Waals surface area contributed by atoms with E-state index in [-0.39, 0.29) is 4.90 Å². The quantitative estimate of drug-likeness (QED) is 0.454. The number of nitrogens with two attached hydrogens (primary N) is 1. The zero-order valence-electron chi connectivity index (χ0n) is 12.3. The number of nitrogen functional groups attached to an aromatic ring is 1. The molecule has 0 bridgehead atoms. The number of anilines is 2. The van der Waals surface area contributed by atoms with Crippen molar-refractivity contribution < 1.29 is 8.42 Å². The lowest BCUT2D eigenvalue weighted by atomic mass is 10.2. The molecule has 2 aromatic carbocycles. The molecule has 0 spiro atoms. The van der Waals surface area contributed by atoms with E-state index in [9.17, 15) is 8.42 Å². The number of nitrogens with one attached hydrogen (secondary N) is 1. The minimum Gasteiger partial charge on any atom is -0.399 e. The number of rotatable bonds is 6. The Morgan fingerprint density at radius 1 is 1.14 bits per heavy atom. The Balaban J connectivity index is 2.30. The van der Waals surface area contributed by atoms with Crippen LogP contribution in [0.5, 0.6) is 0 Å². The summed E-state index contributed by atoms with van der Waals surface area (Å²) in [4.78, 5) is 0.577. The Labute approximate surface area is 139 Å². The van der Waals surface area contributed by atoms with Crippen LogP contribution in [0.15, 0.2) is 52.3 Å². The highest BCUT2D eigenvalue weighted by Crippen LogP contribution is 2.26. The van der Waals surface area contributed by atoms with E-state index in [1.807, 2.05) is 6.07 Å². The Morgan fingerprint density at radius 3 is 2.41 bits per heavy atom. The first-order valence-corrected chi connectivity index (χ1v) is 9.57. The number of benzene rings is 2. The van der Waals surface area contributed by atoms with Crippen LogP contribution in [0, 0.1) is 6.92 Å². The Bertz CT molecular complexity index is 743. The van der Waals surface area contributed by atoms with Crippen LogP contribution in [0.1, 0.15) is 12.0 Å². The third-order valence-corrected chi connectivity index (χ3v) is 5.78. The zero-order chi connectivity index (χ0) is 16.2. The summed E-state index contributed by atoms with van der Waals surface area (Å²) in [5.74, 6) is 0. The molecule has 0 heterocycles. The van der Waals surface area contributed by atoms with Crippen LogP contribution < -0.4 is 11.1 Å². The van der Waals surface area contributed by atoms with Gasteiger partial charge in [0, 0.05) is 23.2 Å². The summed E-state index contributed by atoms with van der Waals surface area (Å²) in [6, 6.07) is 11.6. The van der Waals surface area contributed by atoms with E-state index in [0.29, 0.717) is 10.6 Å². The molecule has 2 rings (SSSR count). The van der Waals surface area contributed by atoms with Gasteiger partial charge in [-0.05, 0) is 61.4 Å². The number of hydrogen-bond acceptors (Lipinski definition) is 4. The molecule has 0 saturated heterocycles. The van der Waals surface area contributed by atoms with Crippen LogP contribution in [0.3, 0.4) is 0 Å². The third kappa shape index (κ3) is 3.81. The first-order valence-electron chi connectivity index (χ1n) is 6.96. The van der Waals surface area contributed by atoms with Crippen molar-refractivity contribution in [3.05, 3.63) is 48.0 Å². The highest BCUT2D eigenvalue weighted by Gasteiger charge is 2.19. The fraction of sp³-hybridized carbons (Fsp3) is 0.250. The summed E-state index contributed by atoms with van der Waals surface area (Å²) in [6.07, 6.45) is 1.00. The number of halogens is 1. The average molecular weight is 383 g/mol. The number of aryl methyl sites for hydroxylation is 1. The van der Waals surface area contributed by atoms with Crippen molar-refractivity contribution in [2.45, 2.75) is 23.1 Å². The van der Waals surface area contributed by atoms with Crippen LogP contribution in [-0.2, 0) is 9.84 Å². The minimum absolute atomic E-state index is 0.254. The monoisotopic (exact) mass is 382 g/mol. The van der Waals surface area contributed by atoms with E-state index in [4.69, 9.17) is 5.73 Å². The van der Waals surface area contributed by atoms with Crippen molar-refractivity contribution in [3.8, 4) is 0 Å². The SMILES string of the molecule is Cc1cc(NCCCBr)ccc1S(=O)(=O)c1ccc(N)cc1. The van der Waals surface area contributed by atoms with Gasteiger partial charge in [-0.15, -0.1) is 0 Å². The van der Waals surface area contributed by atoms with Crippen molar-refractivity contribution >= 4 is 37.1 Å². The molecule has 0 aromatic heterocycles. The molecule has 0 saturated carbocycles. The van der Waals surface area contributed by atoms with Gasteiger partial charge in [-0.1, -0.05) is 15.9 Å². The van der Waals surface area contributed by atoms with E-state index in [1.165, 1.54) is 12.1 Å². The lowest BCUT2D eigenvalue weighted by Crippen LogP contribution is -2.06. The second-order valence-electron chi connectivity index (χ2n) is 5.02. The lowest BCUT2D eigenvalue weighted by Gasteiger charge is -2.11. The van der Waals surface area contributed by atoms with Crippen LogP contribution >= 0.6 is 15.9 Å². The van der Waals surface area contributed by atoms with Gasteiger partial charge in [0.25, 0.3) is 0 Å². The first kappa shape index (κ1) is 16.8. The smallest absolute Gasteiger partial charge is 0.206 e. The fourth-order valence-electron chi connectivity index (χ4n) is 2.13. The highest BCUT2D eigenvalue weighted by molar-refractivity contribution is 9.09. The summed E-state index contributed by atoms with van der Waals surface area (Å²) >= 11 is 3.38. The summed E-state index contributed by atoms with van der Waals surface area (Å²) in [7, 11) is -3.52. The largest absolute Gasteiger partial charge is 0.399 e. The van der Waals surface area contributed by atoms with Gasteiger partial charge in [0.2, 0.25) is 9.84 Å². The first-order chi connectivity index (χ1) is 10.4. The molecule has 4 nitrogen and oxygen atoms in total. The average Bonchev–Trinajstić information content (AvgIpc) is 2.48. The molecule has 0 fully saturated rings. The highest BCUT2D eigenvalue weighted by atomic mass is 79.9. The molecule has 22 heavy (non-hydrogen) atoms. The molecule has 3 N–H and O–H groups in total. The number of alkyl halides is 1. The molecule has 0 unspecified atom stereocenters. The van der Waals surface area contributed by atoms with E-state index >= 15 is 0 Å². The van der Waals surface area contributed by atoms with Crippen molar-refractivity contribution in [1.82, 2.24) is 0 Å². The number of hydrogen-bond donors (Lipinski definition) is 2. The summed E-state index contributed by atoms with van der Waals surface area (Å²) < 4.78 is 25.3. The normalized spacial score (nSPS) is 11.4. The maximum atomic E-state index is 12.7. The van der Waals surface area contributed by atoms with E-state index in [0.717, 1.165) is 29.5 Å². The standard InChI is InChI=1S/C16H19BrN2O2S/c1-12-11-14(19-10-2-9-17)5-8-16(12)22(20,21)15-6-3-13(18)4-7-15/h3-8,11,19H,2,9-10,18H2,1H3. The topological polar surface area (TPSA) is 72.2 Å². The molecule has 118 valence electrons. The summed E-state index contributed by atoms with van der Waals surface area (Å²) in [5, 5.41) is 4.20. The Hall–Kier alpha value is -1.53. The van der Waals surface area contributed by atoms with Gasteiger partial charge in [-0.3, -0.25) is 0 Å². The minimum atomic E-state index is -3.52. The Kier molecular flexibility index (Phi) is 5.47. The number of sulfone groups is 1. The van der Waals surface area contributed by atoms with E-state index in [1.54, 1.807) is 31.2 Å². The van der Waals surface area contributed by atoms with Crippen LogP contribution in [0.25, 0.3) is 0 Å². The molecule has 0 aliphatic carbocycles. The van der Waals surface area contributed by atoms with Gasteiger partial charge < -0.3 is 11.1 Å². The van der Waals surface area contributed by atoms with Crippen molar-refractivity contribution in [3.63, 3.8) is 0 Å². The van der Waals surface area contributed by atoms with Gasteiger partial charge >= 0.3 is 0 Å². The lowest BCUT2D eigenvalue weighted by molar-refractivity contribution is 0.595. The molecule has 0 atom stereocenters. The zero-order valence-corrected chi connectivity index (χ0v) is 14.7. The van der Waals surface area contributed by atoms with Crippen molar-refractivity contribution in [2.75, 3.05) is 22.9 Å².